The molecule has 3 heterocycles. The molecule has 1 fully saturated rings. The quantitative estimate of drug-likeness (QED) is 0.913. The number of thiazole rings is 1. The first-order valence-corrected chi connectivity index (χ1v) is 8.00. The number of aromatic nitrogens is 3. The summed E-state index contributed by atoms with van der Waals surface area (Å²) in [5.41, 5.74) is 2.90. The van der Waals surface area contributed by atoms with Gasteiger partial charge in [-0.05, 0) is 12.8 Å². The summed E-state index contributed by atoms with van der Waals surface area (Å²) in [6.45, 7) is 2.35. The van der Waals surface area contributed by atoms with Crippen LogP contribution in [0.2, 0.25) is 0 Å². The van der Waals surface area contributed by atoms with E-state index in [9.17, 15) is 0 Å². The smallest absolute Gasteiger partial charge is 0.134 e. The van der Waals surface area contributed by atoms with E-state index in [0.29, 0.717) is 6.04 Å². The Balaban J connectivity index is 1.64. The van der Waals surface area contributed by atoms with Crippen molar-refractivity contribution in [3.8, 4) is 0 Å². The van der Waals surface area contributed by atoms with Crippen molar-refractivity contribution in [3.63, 3.8) is 0 Å². The van der Waals surface area contributed by atoms with Gasteiger partial charge in [-0.15, -0.1) is 11.3 Å². The molecule has 2 aromatic rings. The third kappa shape index (κ3) is 3.89. The average molecular weight is 305 g/mol. The van der Waals surface area contributed by atoms with Gasteiger partial charge in [-0.1, -0.05) is 0 Å². The number of anilines is 2. The molecule has 0 unspecified atom stereocenters. The zero-order chi connectivity index (χ0) is 14.5. The van der Waals surface area contributed by atoms with Crippen LogP contribution in [0, 0.1) is 0 Å². The lowest BCUT2D eigenvalue weighted by Crippen LogP contribution is -2.30. The number of ether oxygens (including phenoxy) is 1. The van der Waals surface area contributed by atoms with Crippen LogP contribution in [0.25, 0.3) is 0 Å². The number of hydrogen-bond acceptors (Lipinski definition) is 7. The van der Waals surface area contributed by atoms with Crippen LogP contribution in [0.1, 0.15) is 18.5 Å². The van der Waals surface area contributed by atoms with Gasteiger partial charge in [0.25, 0.3) is 0 Å². The van der Waals surface area contributed by atoms with E-state index >= 15 is 0 Å². The summed E-state index contributed by atoms with van der Waals surface area (Å²) in [7, 11) is 2.01. The van der Waals surface area contributed by atoms with Crippen LogP contribution in [0.4, 0.5) is 11.6 Å². The van der Waals surface area contributed by atoms with Crippen molar-refractivity contribution in [2.75, 3.05) is 30.5 Å². The monoisotopic (exact) mass is 305 g/mol. The Bertz CT molecular complexity index is 556. The van der Waals surface area contributed by atoms with Crippen LogP contribution in [0.5, 0.6) is 0 Å². The van der Waals surface area contributed by atoms with Crippen LogP contribution in [-0.2, 0) is 11.3 Å². The highest BCUT2D eigenvalue weighted by molar-refractivity contribution is 7.07. The van der Waals surface area contributed by atoms with E-state index in [1.807, 2.05) is 18.6 Å². The second kappa shape index (κ2) is 6.82. The van der Waals surface area contributed by atoms with E-state index in [2.05, 4.69) is 30.5 Å². The molecule has 1 atom stereocenters. The molecule has 3 rings (SSSR count). The predicted octanol–water partition coefficient (Wildman–Crippen LogP) is 2.16. The summed E-state index contributed by atoms with van der Waals surface area (Å²) in [6, 6.07) is 2.31. The highest BCUT2D eigenvalue weighted by atomic mass is 32.1. The Kier molecular flexibility index (Phi) is 4.62. The number of nitrogens with zero attached hydrogens (tertiary/aromatic N) is 4. The average Bonchev–Trinajstić information content (AvgIpc) is 3.01. The van der Waals surface area contributed by atoms with E-state index in [4.69, 9.17) is 4.74 Å². The van der Waals surface area contributed by atoms with Crippen molar-refractivity contribution in [1.82, 2.24) is 15.0 Å². The van der Waals surface area contributed by atoms with E-state index < -0.39 is 0 Å². The van der Waals surface area contributed by atoms with Crippen LogP contribution >= 0.6 is 11.3 Å². The first-order valence-electron chi connectivity index (χ1n) is 7.06. The maximum absolute atomic E-state index is 5.48. The van der Waals surface area contributed by atoms with Crippen molar-refractivity contribution >= 4 is 23.0 Å². The molecular formula is C14H19N5OS. The lowest BCUT2D eigenvalue weighted by atomic mass is 10.1. The molecule has 0 saturated carbocycles. The molecule has 2 aromatic heterocycles. The molecule has 1 aliphatic heterocycles. The molecule has 1 aliphatic rings. The van der Waals surface area contributed by atoms with Crippen molar-refractivity contribution in [2.24, 2.45) is 0 Å². The topological polar surface area (TPSA) is 63.2 Å². The molecule has 7 heteroatoms. The lowest BCUT2D eigenvalue weighted by molar-refractivity contribution is 0.0875. The zero-order valence-corrected chi connectivity index (χ0v) is 12.8. The Morgan fingerprint density at radius 1 is 1.43 bits per heavy atom. The highest BCUT2D eigenvalue weighted by Gasteiger charge is 2.14. The van der Waals surface area contributed by atoms with Gasteiger partial charge in [0, 0.05) is 25.1 Å². The third-order valence-corrected chi connectivity index (χ3v) is 4.07. The summed E-state index contributed by atoms with van der Waals surface area (Å²) in [6.07, 6.45) is 3.81. The first kappa shape index (κ1) is 14.2. The minimum absolute atomic E-state index is 0.338. The molecule has 0 radical (unpaired) electrons. The molecule has 6 nitrogen and oxygen atoms in total. The lowest BCUT2D eigenvalue weighted by Gasteiger charge is -2.24. The van der Waals surface area contributed by atoms with Crippen LogP contribution in [0.3, 0.4) is 0 Å². The van der Waals surface area contributed by atoms with Crippen molar-refractivity contribution < 1.29 is 4.74 Å². The molecular weight excluding hydrogens is 286 g/mol. The molecule has 112 valence electrons. The van der Waals surface area contributed by atoms with E-state index in [0.717, 1.165) is 49.9 Å². The molecule has 21 heavy (non-hydrogen) atoms. The fraction of sp³-hybridized carbons (Fsp3) is 0.500. The Morgan fingerprint density at radius 2 is 2.38 bits per heavy atom. The Labute approximate surface area is 128 Å². The van der Waals surface area contributed by atoms with E-state index in [1.165, 1.54) is 0 Å². The molecule has 1 N–H and O–H groups in total. The first-order chi connectivity index (χ1) is 10.3. The van der Waals surface area contributed by atoms with Gasteiger partial charge in [0.1, 0.15) is 18.0 Å². The normalized spacial score (nSPS) is 18.4. The minimum atomic E-state index is 0.338. The van der Waals surface area contributed by atoms with Gasteiger partial charge < -0.3 is 15.0 Å². The molecule has 0 spiro atoms. The van der Waals surface area contributed by atoms with Crippen LogP contribution < -0.4 is 10.2 Å². The standard InChI is InChI=1S/C14H19N5OS/c1-19(6-12-8-21-10-17-12)14-5-13(15-9-16-14)18-11-3-2-4-20-7-11/h5,8-11H,2-4,6-7H2,1H3,(H,15,16,18)/t11-/m0/s1. The van der Waals surface area contributed by atoms with Gasteiger partial charge in [0.15, 0.2) is 0 Å². The Morgan fingerprint density at radius 3 is 3.14 bits per heavy atom. The third-order valence-electron chi connectivity index (χ3n) is 3.44. The number of hydrogen-bond donors (Lipinski definition) is 1. The largest absolute Gasteiger partial charge is 0.379 e. The fourth-order valence-corrected chi connectivity index (χ4v) is 2.89. The van der Waals surface area contributed by atoms with Gasteiger partial charge in [-0.2, -0.15) is 0 Å². The van der Waals surface area contributed by atoms with Gasteiger partial charge in [0.05, 0.1) is 30.4 Å². The second-order valence-electron chi connectivity index (χ2n) is 5.16. The summed E-state index contributed by atoms with van der Waals surface area (Å²) in [5, 5.41) is 5.47. The maximum Gasteiger partial charge on any atom is 0.134 e. The summed E-state index contributed by atoms with van der Waals surface area (Å²) in [5.74, 6) is 1.73. The number of nitrogens with one attached hydrogen (secondary N) is 1. The summed E-state index contributed by atoms with van der Waals surface area (Å²) in [4.78, 5) is 15.0. The Hall–Kier alpha value is -1.73. The molecule has 0 amide bonds. The van der Waals surface area contributed by atoms with Crippen LogP contribution in [-0.4, -0.2) is 41.3 Å². The summed E-state index contributed by atoms with van der Waals surface area (Å²) >= 11 is 1.61. The molecule has 0 aliphatic carbocycles. The number of rotatable bonds is 5. The van der Waals surface area contributed by atoms with Gasteiger partial charge in [-0.3, -0.25) is 0 Å². The zero-order valence-electron chi connectivity index (χ0n) is 12.0. The second-order valence-corrected chi connectivity index (χ2v) is 5.87. The molecule has 0 bridgehead atoms. The van der Waals surface area contributed by atoms with E-state index in [1.54, 1.807) is 17.7 Å². The SMILES string of the molecule is CN(Cc1cscn1)c1cc(N[C@H]2CCCOC2)ncn1. The molecule has 0 aromatic carbocycles. The fourth-order valence-electron chi connectivity index (χ4n) is 2.34. The predicted molar refractivity (Wildman–Crippen MR) is 83.7 cm³/mol. The van der Waals surface area contributed by atoms with Crippen LogP contribution in [0.15, 0.2) is 23.3 Å². The minimum Gasteiger partial charge on any atom is -0.379 e. The van der Waals surface area contributed by atoms with Crippen molar-refractivity contribution in [1.29, 1.82) is 0 Å². The van der Waals surface area contributed by atoms with E-state index in [-0.39, 0.29) is 0 Å². The summed E-state index contributed by atoms with van der Waals surface area (Å²) < 4.78 is 5.48. The molecule has 1 saturated heterocycles. The van der Waals surface area contributed by atoms with Gasteiger partial charge in [-0.25, -0.2) is 15.0 Å². The maximum atomic E-state index is 5.48. The van der Waals surface area contributed by atoms with Crippen molar-refractivity contribution in [3.05, 3.63) is 29.0 Å². The highest BCUT2D eigenvalue weighted by Crippen LogP contribution is 2.18. The van der Waals surface area contributed by atoms with Gasteiger partial charge >= 0.3 is 0 Å². The van der Waals surface area contributed by atoms with Gasteiger partial charge in [0.2, 0.25) is 0 Å². The van der Waals surface area contributed by atoms with Crippen molar-refractivity contribution in [2.45, 2.75) is 25.4 Å².